The molecule has 1 atom stereocenters. The second kappa shape index (κ2) is 7.44. The average molecular weight is 351 g/mol. The predicted molar refractivity (Wildman–Crippen MR) is 98.9 cm³/mol. The summed E-state index contributed by atoms with van der Waals surface area (Å²) in [6.07, 6.45) is 7.11. The first kappa shape index (κ1) is 17.0. The molecule has 2 aromatic rings. The van der Waals surface area contributed by atoms with E-state index in [-0.39, 0.29) is 17.6 Å². The maximum Gasteiger partial charge on any atom is 0.257 e. The lowest BCUT2D eigenvalue weighted by Gasteiger charge is -2.32. The molecular formula is C21H25N3O2. The van der Waals surface area contributed by atoms with Gasteiger partial charge in [0, 0.05) is 32.0 Å². The van der Waals surface area contributed by atoms with Gasteiger partial charge in [0.2, 0.25) is 0 Å². The molecule has 5 nitrogen and oxygen atoms in total. The first-order valence-electron chi connectivity index (χ1n) is 9.63. The molecule has 1 amide bonds. The Hall–Kier alpha value is -2.43. The smallest absolute Gasteiger partial charge is 0.257 e. The molecule has 1 aromatic heterocycles. The summed E-state index contributed by atoms with van der Waals surface area (Å²) in [5, 5.41) is 4.38. The number of aryl methyl sites for hydroxylation is 1. The van der Waals surface area contributed by atoms with Crippen molar-refractivity contribution in [3.63, 3.8) is 0 Å². The fraction of sp³-hybridized carbons (Fsp3) is 0.476. The van der Waals surface area contributed by atoms with E-state index < -0.39 is 0 Å². The summed E-state index contributed by atoms with van der Waals surface area (Å²) < 4.78 is 1.97. The number of nitrogens with zero attached hydrogens (tertiary/aromatic N) is 3. The third-order valence-corrected chi connectivity index (χ3v) is 5.60. The number of rotatable bonds is 4. The van der Waals surface area contributed by atoms with E-state index in [9.17, 15) is 9.59 Å². The van der Waals surface area contributed by atoms with Crippen molar-refractivity contribution in [3.05, 3.63) is 53.3 Å². The molecule has 3 heterocycles. The highest BCUT2D eigenvalue weighted by atomic mass is 16.2. The van der Waals surface area contributed by atoms with Crippen LogP contribution in [0.2, 0.25) is 0 Å². The SMILES string of the molecule is O=C(Cc1ccccc1)C1CCCN(C(=O)c2cnn3c2CCCC3)C1. The van der Waals surface area contributed by atoms with Gasteiger partial charge in [0.1, 0.15) is 5.78 Å². The number of fused-ring (bicyclic) bond motifs is 1. The van der Waals surface area contributed by atoms with Crippen LogP contribution in [0.25, 0.3) is 0 Å². The van der Waals surface area contributed by atoms with Crippen LogP contribution in [0, 0.1) is 5.92 Å². The van der Waals surface area contributed by atoms with Gasteiger partial charge >= 0.3 is 0 Å². The fourth-order valence-electron chi connectivity index (χ4n) is 4.14. The first-order chi connectivity index (χ1) is 12.7. The Kier molecular flexibility index (Phi) is 4.87. The molecule has 0 aliphatic carbocycles. The quantitative estimate of drug-likeness (QED) is 0.851. The summed E-state index contributed by atoms with van der Waals surface area (Å²) in [4.78, 5) is 27.6. The van der Waals surface area contributed by atoms with Gasteiger partial charge in [-0.3, -0.25) is 14.3 Å². The highest BCUT2D eigenvalue weighted by Crippen LogP contribution is 2.24. The molecule has 2 aliphatic rings. The molecule has 1 fully saturated rings. The average Bonchev–Trinajstić information content (AvgIpc) is 3.12. The lowest BCUT2D eigenvalue weighted by molar-refractivity contribution is -0.123. The highest BCUT2D eigenvalue weighted by Gasteiger charge is 2.31. The van der Waals surface area contributed by atoms with Gasteiger partial charge in [-0.2, -0.15) is 5.10 Å². The third kappa shape index (κ3) is 3.43. The molecule has 5 heteroatoms. The topological polar surface area (TPSA) is 55.2 Å². The molecule has 1 unspecified atom stereocenters. The van der Waals surface area contributed by atoms with Crippen molar-refractivity contribution in [2.45, 2.75) is 45.1 Å². The molecular weight excluding hydrogens is 326 g/mol. The number of hydrogen-bond donors (Lipinski definition) is 0. The fourth-order valence-corrected chi connectivity index (χ4v) is 4.14. The molecule has 1 saturated heterocycles. The molecule has 0 saturated carbocycles. The Morgan fingerprint density at radius 2 is 1.92 bits per heavy atom. The van der Waals surface area contributed by atoms with Crippen molar-refractivity contribution in [2.24, 2.45) is 5.92 Å². The largest absolute Gasteiger partial charge is 0.338 e. The molecule has 26 heavy (non-hydrogen) atoms. The van der Waals surface area contributed by atoms with Crippen LogP contribution in [0.15, 0.2) is 36.5 Å². The van der Waals surface area contributed by atoms with Crippen molar-refractivity contribution in [1.29, 1.82) is 0 Å². The predicted octanol–water partition coefficient (Wildman–Crippen LogP) is 2.88. The minimum Gasteiger partial charge on any atom is -0.338 e. The van der Waals surface area contributed by atoms with E-state index in [1.807, 2.05) is 39.9 Å². The number of carbonyl (C=O) groups is 2. The minimum atomic E-state index is -0.0562. The number of likely N-dealkylation sites (tertiary alicyclic amines) is 1. The van der Waals surface area contributed by atoms with Crippen LogP contribution in [-0.4, -0.2) is 39.5 Å². The van der Waals surface area contributed by atoms with Crippen LogP contribution in [-0.2, 0) is 24.2 Å². The molecule has 0 spiro atoms. The molecule has 1 aromatic carbocycles. The number of Topliss-reactive ketones (excluding diaryl/α,β-unsaturated/α-hetero) is 1. The van der Waals surface area contributed by atoms with Gasteiger partial charge in [0.15, 0.2) is 0 Å². The lowest BCUT2D eigenvalue weighted by Crippen LogP contribution is -2.43. The number of amides is 1. The third-order valence-electron chi connectivity index (χ3n) is 5.60. The molecule has 2 aliphatic heterocycles. The standard InChI is InChI=1S/C21H25N3O2/c25-20(13-16-7-2-1-3-8-16)17-9-6-11-23(15-17)21(26)18-14-22-24-12-5-4-10-19(18)24/h1-3,7-8,14,17H,4-6,9-13,15H2. The van der Waals surface area contributed by atoms with Gasteiger partial charge in [-0.1, -0.05) is 30.3 Å². The van der Waals surface area contributed by atoms with Crippen molar-refractivity contribution >= 4 is 11.7 Å². The Morgan fingerprint density at radius 3 is 2.77 bits per heavy atom. The van der Waals surface area contributed by atoms with Crippen molar-refractivity contribution in [3.8, 4) is 0 Å². The Bertz CT molecular complexity index is 797. The number of piperidine rings is 1. The lowest BCUT2D eigenvalue weighted by atomic mass is 9.90. The molecule has 0 N–H and O–H groups in total. The van der Waals surface area contributed by atoms with Crippen LogP contribution in [0.3, 0.4) is 0 Å². The van der Waals surface area contributed by atoms with E-state index in [1.54, 1.807) is 6.20 Å². The first-order valence-corrected chi connectivity index (χ1v) is 9.63. The normalized spacial score (nSPS) is 19.8. The molecule has 136 valence electrons. The Labute approximate surface area is 154 Å². The van der Waals surface area contributed by atoms with E-state index in [2.05, 4.69) is 5.10 Å². The maximum atomic E-state index is 13.0. The Morgan fingerprint density at radius 1 is 1.08 bits per heavy atom. The zero-order valence-corrected chi connectivity index (χ0v) is 15.1. The monoisotopic (exact) mass is 351 g/mol. The van der Waals surface area contributed by atoms with Crippen LogP contribution in [0.1, 0.15) is 47.3 Å². The second-order valence-corrected chi connectivity index (χ2v) is 7.40. The van der Waals surface area contributed by atoms with Gasteiger partial charge in [-0.15, -0.1) is 0 Å². The highest BCUT2D eigenvalue weighted by molar-refractivity contribution is 5.95. The summed E-state index contributed by atoms with van der Waals surface area (Å²) in [6.45, 7) is 2.18. The number of aromatic nitrogens is 2. The van der Waals surface area contributed by atoms with Crippen molar-refractivity contribution in [1.82, 2.24) is 14.7 Å². The van der Waals surface area contributed by atoms with Gasteiger partial charge < -0.3 is 4.90 Å². The second-order valence-electron chi connectivity index (χ2n) is 7.40. The Balaban J connectivity index is 1.44. The van der Waals surface area contributed by atoms with Gasteiger partial charge in [-0.05, 0) is 37.7 Å². The summed E-state index contributed by atoms with van der Waals surface area (Å²) in [6, 6.07) is 9.86. The number of benzene rings is 1. The summed E-state index contributed by atoms with van der Waals surface area (Å²) in [7, 11) is 0. The van der Waals surface area contributed by atoms with Gasteiger partial charge in [0.25, 0.3) is 5.91 Å². The molecule has 4 rings (SSSR count). The van der Waals surface area contributed by atoms with E-state index in [1.165, 1.54) is 0 Å². The van der Waals surface area contributed by atoms with E-state index in [4.69, 9.17) is 0 Å². The van der Waals surface area contributed by atoms with Crippen LogP contribution >= 0.6 is 0 Å². The zero-order valence-electron chi connectivity index (χ0n) is 15.1. The van der Waals surface area contributed by atoms with Crippen molar-refractivity contribution in [2.75, 3.05) is 13.1 Å². The zero-order chi connectivity index (χ0) is 17.9. The molecule has 0 radical (unpaired) electrons. The summed E-state index contributed by atoms with van der Waals surface area (Å²) >= 11 is 0. The maximum absolute atomic E-state index is 13.0. The van der Waals surface area contributed by atoms with Crippen LogP contribution in [0.5, 0.6) is 0 Å². The minimum absolute atomic E-state index is 0.0466. The van der Waals surface area contributed by atoms with Gasteiger partial charge in [-0.25, -0.2) is 0 Å². The number of ketones is 1. The summed E-state index contributed by atoms with van der Waals surface area (Å²) in [5.41, 5.74) is 2.85. The molecule has 0 bridgehead atoms. The van der Waals surface area contributed by atoms with Crippen LogP contribution < -0.4 is 0 Å². The number of carbonyl (C=O) groups excluding carboxylic acids is 2. The van der Waals surface area contributed by atoms with Gasteiger partial charge in [0.05, 0.1) is 17.5 Å². The van der Waals surface area contributed by atoms with Crippen molar-refractivity contribution < 1.29 is 9.59 Å². The summed E-state index contributed by atoms with van der Waals surface area (Å²) in [5.74, 6) is 0.232. The van der Waals surface area contributed by atoms with E-state index >= 15 is 0 Å². The van der Waals surface area contributed by atoms with E-state index in [0.717, 1.165) is 62.0 Å². The van der Waals surface area contributed by atoms with Crippen LogP contribution in [0.4, 0.5) is 0 Å². The number of hydrogen-bond acceptors (Lipinski definition) is 3. The van der Waals surface area contributed by atoms with E-state index in [0.29, 0.717) is 13.0 Å².